The third-order valence-corrected chi connectivity index (χ3v) is 7.62. The molecule has 1 aromatic carbocycles. The Morgan fingerprint density at radius 1 is 1.12 bits per heavy atom. The first-order chi connectivity index (χ1) is 15.3. The Morgan fingerprint density at radius 2 is 1.88 bits per heavy atom. The van der Waals surface area contributed by atoms with Crippen LogP contribution in [0.3, 0.4) is 0 Å². The lowest BCUT2D eigenvalue weighted by molar-refractivity contribution is 0.0430. The number of rotatable bonds is 2. The fourth-order valence-electron chi connectivity index (χ4n) is 5.11. The second-order valence-electron chi connectivity index (χ2n) is 8.93. The standard InChI is InChI=1S/C25H27ClN4O2/c1-15-7-5-9-20(21(15)26)30-18(4)28-22(16(2)24(30)31)29-13-10-25(11-14-29)17(3)19-8-6-12-27-23(19)32-25/h5-9,12,17H,10-11,13-14H2,1-4H3/t17-/m1/s1. The van der Waals surface area contributed by atoms with E-state index in [1.165, 1.54) is 5.56 Å². The van der Waals surface area contributed by atoms with Crippen LogP contribution in [0.1, 0.15) is 48.2 Å². The molecule has 2 aromatic heterocycles. The highest BCUT2D eigenvalue weighted by atomic mass is 35.5. The molecule has 1 fully saturated rings. The van der Waals surface area contributed by atoms with E-state index in [1.807, 2.05) is 45.0 Å². The van der Waals surface area contributed by atoms with Crippen LogP contribution in [-0.2, 0) is 0 Å². The van der Waals surface area contributed by atoms with Crippen molar-refractivity contribution >= 4 is 17.4 Å². The maximum Gasteiger partial charge on any atom is 0.263 e. The van der Waals surface area contributed by atoms with Gasteiger partial charge in [-0.1, -0.05) is 36.7 Å². The number of benzene rings is 1. The van der Waals surface area contributed by atoms with Crippen molar-refractivity contribution < 1.29 is 4.74 Å². The molecule has 4 heterocycles. The number of piperidine rings is 1. The minimum atomic E-state index is -0.236. The molecule has 7 heteroatoms. The van der Waals surface area contributed by atoms with Crippen LogP contribution < -0.4 is 15.2 Å². The number of pyridine rings is 1. The topological polar surface area (TPSA) is 60.3 Å². The molecule has 3 aromatic rings. The van der Waals surface area contributed by atoms with E-state index in [0.29, 0.717) is 28.0 Å². The van der Waals surface area contributed by atoms with Gasteiger partial charge in [-0.05, 0) is 38.5 Å². The fourth-order valence-corrected chi connectivity index (χ4v) is 5.32. The lowest BCUT2D eigenvalue weighted by Gasteiger charge is -2.41. The summed E-state index contributed by atoms with van der Waals surface area (Å²) in [5.74, 6) is 2.44. The second kappa shape index (κ2) is 7.62. The number of hydrogen-bond donors (Lipinski definition) is 0. The van der Waals surface area contributed by atoms with Gasteiger partial charge in [-0.15, -0.1) is 0 Å². The number of aryl methyl sites for hydroxylation is 2. The lowest BCUT2D eigenvalue weighted by atomic mass is 9.79. The van der Waals surface area contributed by atoms with Gasteiger partial charge >= 0.3 is 0 Å². The molecule has 166 valence electrons. The molecule has 2 aliphatic heterocycles. The number of anilines is 1. The summed E-state index contributed by atoms with van der Waals surface area (Å²) in [4.78, 5) is 24.9. The molecule has 32 heavy (non-hydrogen) atoms. The van der Waals surface area contributed by atoms with Crippen molar-refractivity contribution in [3.8, 4) is 11.6 Å². The van der Waals surface area contributed by atoms with E-state index in [0.717, 1.165) is 43.2 Å². The van der Waals surface area contributed by atoms with Gasteiger partial charge in [0.05, 0.1) is 16.3 Å². The van der Waals surface area contributed by atoms with Crippen molar-refractivity contribution in [1.29, 1.82) is 0 Å². The van der Waals surface area contributed by atoms with Gasteiger partial charge in [0, 0.05) is 43.6 Å². The Hall–Kier alpha value is -2.86. The lowest BCUT2D eigenvalue weighted by Crippen LogP contribution is -2.49. The van der Waals surface area contributed by atoms with Crippen molar-refractivity contribution in [2.24, 2.45) is 0 Å². The zero-order chi connectivity index (χ0) is 22.6. The van der Waals surface area contributed by atoms with Gasteiger partial charge in [-0.3, -0.25) is 9.36 Å². The van der Waals surface area contributed by atoms with Crippen LogP contribution in [-0.4, -0.2) is 33.2 Å². The highest BCUT2D eigenvalue weighted by Gasteiger charge is 2.48. The summed E-state index contributed by atoms with van der Waals surface area (Å²) in [5, 5.41) is 0.576. The largest absolute Gasteiger partial charge is 0.470 e. The fraction of sp³-hybridized carbons (Fsp3) is 0.400. The zero-order valence-corrected chi connectivity index (χ0v) is 19.6. The number of nitrogens with zero attached hydrogens (tertiary/aromatic N) is 4. The first-order valence-electron chi connectivity index (χ1n) is 11.1. The zero-order valence-electron chi connectivity index (χ0n) is 18.9. The second-order valence-corrected chi connectivity index (χ2v) is 9.31. The summed E-state index contributed by atoms with van der Waals surface area (Å²) < 4.78 is 7.99. The molecule has 0 aliphatic carbocycles. The van der Waals surface area contributed by atoms with Crippen LogP contribution >= 0.6 is 11.6 Å². The summed E-state index contributed by atoms with van der Waals surface area (Å²) >= 11 is 6.52. The molecule has 0 saturated carbocycles. The summed E-state index contributed by atoms with van der Waals surface area (Å²) in [5.41, 5.74) is 3.10. The van der Waals surface area contributed by atoms with Gasteiger partial charge in [0.25, 0.3) is 5.56 Å². The summed E-state index contributed by atoms with van der Waals surface area (Å²) in [7, 11) is 0. The average Bonchev–Trinajstić information content (AvgIpc) is 3.06. The number of aromatic nitrogens is 3. The third kappa shape index (κ3) is 3.12. The van der Waals surface area contributed by atoms with E-state index < -0.39 is 0 Å². The SMILES string of the molecule is Cc1cccc(-n2c(C)nc(N3CCC4(CC3)Oc3ncccc3[C@H]4C)c(C)c2=O)c1Cl. The van der Waals surface area contributed by atoms with E-state index in [2.05, 4.69) is 22.9 Å². The number of hydrogen-bond acceptors (Lipinski definition) is 5. The van der Waals surface area contributed by atoms with Crippen molar-refractivity contribution in [1.82, 2.24) is 14.5 Å². The molecule has 0 unspecified atom stereocenters. The molecule has 6 nitrogen and oxygen atoms in total. The summed E-state index contributed by atoms with van der Waals surface area (Å²) in [6, 6.07) is 9.78. The molecular weight excluding hydrogens is 424 g/mol. The number of fused-ring (bicyclic) bond motifs is 1. The van der Waals surface area contributed by atoms with Crippen molar-refractivity contribution in [3.63, 3.8) is 0 Å². The van der Waals surface area contributed by atoms with E-state index >= 15 is 0 Å². The minimum absolute atomic E-state index is 0.0811. The van der Waals surface area contributed by atoms with E-state index in [9.17, 15) is 4.79 Å². The summed E-state index contributed by atoms with van der Waals surface area (Å²) in [6.07, 6.45) is 3.50. The first-order valence-corrected chi connectivity index (χ1v) is 11.4. The van der Waals surface area contributed by atoms with Crippen molar-refractivity contribution in [3.05, 3.63) is 74.4 Å². The molecule has 1 saturated heterocycles. The third-order valence-electron chi connectivity index (χ3n) is 7.13. The van der Waals surface area contributed by atoms with Gasteiger partial charge in [0.1, 0.15) is 17.2 Å². The monoisotopic (exact) mass is 450 g/mol. The predicted molar refractivity (Wildman–Crippen MR) is 127 cm³/mol. The Kier molecular flexibility index (Phi) is 5.01. The van der Waals surface area contributed by atoms with Gasteiger partial charge in [-0.25, -0.2) is 9.97 Å². The molecule has 1 spiro atoms. The predicted octanol–water partition coefficient (Wildman–Crippen LogP) is 4.74. The molecular formula is C25H27ClN4O2. The smallest absolute Gasteiger partial charge is 0.263 e. The maximum atomic E-state index is 13.4. The minimum Gasteiger partial charge on any atom is -0.470 e. The molecule has 1 atom stereocenters. The number of ether oxygens (including phenoxy) is 1. The van der Waals surface area contributed by atoms with Crippen LogP contribution in [0.5, 0.6) is 5.88 Å². The van der Waals surface area contributed by atoms with Crippen LogP contribution in [0.2, 0.25) is 5.02 Å². The Morgan fingerprint density at radius 3 is 2.59 bits per heavy atom. The van der Waals surface area contributed by atoms with Crippen LogP contribution in [0.25, 0.3) is 5.69 Å². The highest BCUT2D eigenvalue weighted by molar-refractivity contribution is 6.33. The van der Waals surface area contributed by atoms with E-state index in [4.69, 9.17) is 21.3 Å². The van der Waals surface area contributed by atoms with Gasteiger partial charge in [0.15, 0.2) is 0 Å². The van der Waals surface area contributed by atoms with E-state index in [1.54, 1.807) is 10.8 Å². The molecule has 5 rings (SSSR count). The Bertz CT molecular complexity index is 1260. The van der Waals surface area contributed by atoms with Crippen molar-refractivity contribution in [2.75, 3.05) is 18.0 Å². The maximum absolute atomic E-state index is 13.4. The van der Waals surface area contributed by atoms with Gasteiger partial charge in [-0.2, -0.15) is 0 Å². The van der Waals surface area contributed by atoms with Crippen LogP contribution in [0, 0.1) is 20.8 Å². The Balaban J connectivity index is 1.44. The summed E-state index contributed by atoms with van der Waals surface area (Å²) in [6.45, 7) is 9.43. The van der Waals surface area contributed by atoms with Gasteiger partial charge < -0.3 is 9.64 Å². The number of halogens is 1. The molecule has 0 radical (unpaired) electrons. The first kappa shape index (κ1) is 21.0. The van der Waals surface area contributed by atoms with Crippen molar-refractivity contribution in [2.45, 2.75) is 52.1 Å². The highest BCUT2D eigenvalue weighted by Crippen LogP contribution is 2.48. The molecule has 2 aliphatic rings. The molecule has 0 bridgehead atoms. The van der Waals surface area contributed by atoms with Crippen LogP contribution in [0.4, 0.5) is 5.82 Å². The molecule has 0 amide bonds. The average molecular weight is 451 g/mol. The van der Waals surface area contributed by atoms with Gasteiger partial charge in [0.2, 0.25) is 5.88 Å². The normalized spacial score (nSPS) is 19.2. The molecule has 0 N–H and O–H groups in total. The quantitative estimate of drug-likeness (QED) is 0.564. The Labute approximate surface area is 192 Å². The van der Waals surface area contributed by atoms with E-state index in [-0.39, 0.29) is 11.2 Å². The van der Waals surface area contributed by atoms with Crippen LogP contribution in [0.15, 0.2) is 41.3 Å².